The molecule has 0 aliphatic carbocycles. The molecule has 136 valence electrons. The second-order valence-electron chi connectivity index (χ2n) is 6.39. The number of amides is 3. The number of rotatable bonds is 4. The van der Waals surface area contributed by atoms with Crippen molar-refractivity contribution < 1.29 is 14.4 Å². The van der Waals surface area contributed by atoms with Crippen LogP contribution >= 0.6 is 0 Å². The minimum Gasteiger partial charge on any atom is -0.356 e. The number of H-pyrrole nitrogens is 1. The zero-order chi connectivity index (χ0) is 18.5. The van der Waals surface area contributed by atoms with Gasteiger partial charge >= 0.3 is 6.03 Å². The number of piperidine rings is 1. The monoisotopic (exact) mass is 354 g/mol. The number of aromatic nitrogens is 1. The van der Waals surface area contributed by atoms with Gasteiger partial charge in [0.1, 0.15) is 5.69 Å². The maximum atomic E-state index is 12.5. The van der Waals surface area contributed by atoms with Crippen LogP contribution in [0.5, 0.6) is 0 Å². The summed E-state index contributed by atoms with van der Waals surface area (Å²) in [7, 11) is 0. The number of Topliss-reactive ketones (excluding diaryl/α,β-unsaturated/α-hetero) is 1. The molecule has 1 fully saturated rings. The normalized spacial score (nSPS) is 14.7. The Kier molecular flexibility index (Phi) is 5.36. The summed E-state index contributed by atoms with van der Waals surface area (Å²) in [6, 6.07) is 10.6. The molecule has 0 radical (unpaired) electrons. The number of nitrogens with zero attached hydrogens (tertiary/aromatic N) is 1. The Hall–Kier alpha value is -3.09. The van der Waals surface area contributed by atoms with E-state index in [-0.39, 0.29) is 23.8 Å². The van der Waals surface area contributed by atoms with E-state index in [9.17, 15) is 14.4 Å². The number of ketones is 1. The lowest BCUT2D eigenvalue weighted by atomic mass is 10.0. The van der Waals surface area contributed by atoms with Crippen LogP contribution in [0.3, 0.4) is 0 Å². The average Bonchev–Trinajstić information content (AvgIpc) is 3.13. The Morgan fingerprint density at radius 3 is 2.42 bits per heavy atom. The summed E-state index contributed by atoms with van der Waals surface area (Å²) in [6.45, 7) is 2.59. The molecule has 0 bridgehead atoms. The quantitative estimate of drug-likeness (QED) is 0.737. The second kappa shape index (κ2) is 7.86. The summed E-state index contributed by atoms with van der Waals surface area (Å²) in [5.74, 6) is -0.197. The van der Waals surface area contributed by atoms with Crippen LogP contribution in [0.25, 0.3) is 0 Å². The molecule has 3 rings (SSSR count). The lowest BCUT2D eigenvalue weighted by Gasteiger charge is -2.32. The molecule has 0 spiro atoms. The third-order valence-electron chi connectivity index (χ3n) is 4.47. The van der Waals surface area contributed by atoms with Gasteiger partial charge < -0.3 is 20.5 Å². The number of hydrogen-bond donors (Lipinski definition) is 3. The number of urea groups is 1. The molecule has 0 atom stereocenters. The van der Waals surface area contributed by atoms with Gasteiger partial charge in [0.25, 0.3) is 5.91 Å². The molecule has 0 unspecified atom stereocenters. The number of likely N-dealkylation sites (tertiary alicyclic amines) is 1. The van der Waals surface area contributed by atoms with Crippen LogP contribution in [0.1, 0.15) is 40.6 Å². The SMILES string of the molecule is CC(=O)c1c[nH]c(C(=O)N2CCC(NC(=O)Nc3ccccc3)CC2)c1. The smallest absolute Gasteiger partial charge is 0.319 e. The standard InChI is InChI=1S/C19H22N4O3/c1-13(24)14-11-17(20-12-14)18(25)23-9-7-16(8-10-23)22-19(26)21-15-5-3-2-4-6-15/h2-6,11-12,16,20H,7-10H2,1H3,(H2,21,22,26). The van der Waals surface area contributed by atoms with E-state index in [1.165, 1.54) is 6.92 Å². The van der Waals surface area contributed by atoms with E-state index in [1.807, 2.05) is 30.3 Å². The van der Waals surface area contributed by atoms with Gasteiger partial charge in [-0.05, 0) is 38.0 Å². The third-order valence-corrected chi connectivity index (χ3v) is 4.47. The minimum atomic E-state index is -0.239. The van der Waals surface area contributed by atoms with E-state index in [2.05, 4.69) is 15.6 Å². The molecular formula is C19H22N4O3. The molecule has 1 aliphatic rings. The van der Waals surface area contributed by atoms with E-state index in [0.717, 1.165) is 5.69 Å². The van der Waals surface area contributed by atoms with Crippen molar-refractivity contribution in [1.29, 1.82) is 0 Å². The van der Waals surface area contributed by atoms with Crippen molar-refractivity contribution in [3.05, 3.63) is 53.9 Å². The molecule has 1 aliphatic heterocycles. The first-order chi connectivity index (χ1) is 12.5. The Morgan fingerprint density at radius 2 is 1.81 bits per heavy atom. The van der Waals surface area contributed by atoms with Gasteiger partial charge in [-0.1, -0.05) is 18.2 Å². The Morgan fingerprint density at radius 1 is 1.12 bits per heavy atom. The molecule has 7 heteroatoms. The summed E-state index contributed by atoms with van der Waals surface area (Å²) in [4.78, 5) is 40.5. The first kappa shape index (κ1) is 17.7. The van der Waals surface area contributed by atoms with E-state index >= 15 is 0 Å². The van der Waals surface area contributed by atoms with Crippen molar-refractivity contribution in [2.45, 2.75) is 25.8 Å². The molecule has 1 saturated heterocycles. The number of aromatic amines is 1. The number of hydrogen-bond acceptors (Lipinski definition) is 3. The van der Waals surface area contributed by atoms with Gasteiger partial charge in [0, 0.05) is 36.6 Å². The first-order valence-corrected chi connectivity index (χ1v) is 8.64. The van der Waals surface area contributed by atoms with Gasteiger partial charge in [-0.3, -0.25) is 9.59 Å². The second-order valence-corrected chi connectivity index (χ2v) is 6.39. The van der Waals surface area contributed by atoms with Crippen LogP contribution < -0.4 is 10.6 Å². The topological polar surface area (TPSA) is 94.3 Å². The molecule has 3 amide bonds. The Balaban J connectivity index is 1.48. The summed E-state index contributed by atoms with van der Waals surface area (Å²) in [5.41, 5.74) is 1.66. The maximum Gasteiger partial charge on any atom is 0.319 e. The summed E-state index contributed by atoms with van der Waals surface area (Å²) in [5, 5.41) is 5.74. The van der Waals surface area contributed by atoms with Gasteiger partial charge in [0.2, 0.25) is 0 Å². The van der Waals surface area contributed by atoms with Gasteiger partial charge in [-0.25, -0.2) is 4.79 Å². The Labute approximate surface area is 151 Å². The highest BCUT2D eigenvalue weighted by molar-refractivity contribution is 5.99. The van der Waals surface area contributed by atoms with Gasteiger partial charge in [0.15, 0.2) is 5.78 Å². The highest BCUT2D eigenvalue weighted by Gasteiger charge is 2.25. The van der Waals surface area contributed by atoms with Crippen molar-refractivity contribution in [2.24, 2.45) is 0 Å². The van der Waals surface area contributed by atoms with Crippen LogP contribution in [0.15, 0.2) is 42.6 Å². The van der Waals surface area contributed by atoms with Crippen molar-refractivity contribution >= 4 is 23.4 Å². The van der Waals surface area contributed by atoms with E-state index < -0.39 is 0 Å². The summed E-state index contributed by atoms with van der Waals surface area (Å²) in [6.07, 6.45) is 2.93. The molecule has 26 heavy (non-hydrogen) atoms. The fraction of sp³-hybridized carbons (Fsp3) is 0.316. The van der Waals surface area contributed by atoms with Gasteiger partial charge in [-0.2, -0.15) is 0 Å². The number of benzene rings is 1. The summed E-state index contributed by atoms with van der Waals surface area (Å²) >= 11 is 0. The molecule has 3 N–H and O–H groups in total. The van der Waals surface area contributed by atoms with Crippen molar-refractivity contribution in [3.8, 4) is 0 Å². The molecular weight excluding hydrogens is 332 g/mol. The fourth-order valence-corrected chi connectivity index (χ4v) is 2.99. The average molecular weight is 354 g/mol. The van der Waals surface area contributed by atoms with E-state index in [0.29, 0.717) is 37.2 Å². The van der Waals surface area contributed by atoms with E-state index in [4.69, 9.17) is 0 Å². The Bertz CT molecular complexity index is 792. The summed E-state index contributed by atoms with van der Waals surface area (Å²) < 4.78 is 0. The van der Waals surface area contributed by atoms with Crippen LogP contribution in [-0.4, -0.2) is 46.7 Å². The molecule has 1 aromatic carbocycles. The molecule has 0 saturated carbocycles. The number of carbonyl (C=O) groups is 3. The largest absolute Gasteiger partial charge is 0.356 e. The number of para-hydroxylation sites is 1. The lowest BCUT2D eigenvalue weighted by molar-refractivity contribution is 0.0703. The lowest BCUT2D eigenvalue weighted by Crippen LogP contribution is -2.47. The zero-order valence-corrected chi connectivity index (χ0v) is 14.6. The zero-order valence-electron chi connectivity index (χ0n) is 14.6. The van der Waals surface area contributed by atoms with Crippen molar-refractivity contribution in [2.75, 3.05) is 18.4 Å². The van der Waals surface area contributed by atoms with Crippen LogP contribution in [0.4, 0.5) is 10.5 Å². The van der Waals surface area contributed by atoms with Crippen LogP contribution in [0, 0.1) is 0 Å². The predicted molar refractivity (Wildman–Crippen MR) is 98.3 cm³/mol. The predicted octanol–water partition coefficient (Wildman–Crippen LogP) is 2.64. The maximum absolute atomic E-state index is 12.5. The van der Waals surface area contributed by atoms with Crippen molar-refractivity contribution in [1.82, 2.24) is 15.2 Å². The first-order valence-electron chi connectivity index (χ1n) is 8.64. The van der Waals surface area contributed by atoms with E-state index in [1.54, 1.807) is 17.2 Å². The number of anilines is 1. The third kappa shape index (κ3) is 4.30. The fourth-order valence-electron chi connectivity index (χ4n) is 2.99. The number of nitrogens with one attached hydrogen (secondary N) is 3. The van der Waals surface area contributed by atoms with Crippen LogP contribution in [0.2, 0.25) is 0 Å². The van der Waals surface area contributed by atoms with Crippen LogP contribution in [-0.2, 0) is 0 Å². The van der Waals surface area contributed by atoms with Crippen molar-refractivity contribution in [3.63, 3.8) is 0 Å². The highest BCUT2D eigenvalue weighted by Crippen LogP contribution is 2.15. The molecule has 2 aromatic rings. The number of carbonyl (C=O) groups excluding carboxylic acids is 3. The minimum absolute atomic E-state index is 0.0270. The molecule has 7 nitrogen and oxygen atoms in total. The molecule has 2 heterocycles. The molecule has 1 aromatic heterocycles. The van der Waals surface area contributed by atoms with Gasteiger partial charge in [0.05, 0.1) is 0 Å². The van der Waals surface area contributed by atoms with Gasteiger partial charge in [-0.15, -0.1) is 0 Å². The highest BCUT2D eigenvalue weighted by atomic mass is 16.2.